The van der Waals surface area contributed by atoms with Crippen molar-refractivity contribution in [1.82, 2.24) is 4.57 Å². The number of hydrogen-bond acceptors (Lipinski definition) is 2. The van der Waals surface area contributed by atoms with Crippen LogP contribution in [0, 0.1) is 0 Å². The molecule has 0 fully saturated rings. The topological polar surface area (TPSA) is 31.2 Å². The van der Waals surface area contributed by atoms with E-state index in [-0.39, 0.29) is 10.6 Å². The highest BCUT2D eigenvalue weighted by molar-refractivity contribution is 6.33. The van der Waals surface area contributed by atoms with Gasteiger partial charge in [-0.1, -0.05) is 23.2 Å². The zero-order valence-electron chi connectivity index (χ0n) is 10.6. The van der Waals surface area contributed by atoms with Gasteiger partial charge in [0.05, 0.1) is 17.3 Å². The van der Waals surface area contributed by atoms with Gasteiger partial charge in [0.15, 0.2) is 0 Å². The first kappa shape index (κ1) is 14.0. The van der Waals surface area contributed by atoms with Crippen molar-refractivity contribution >= 4 is 23.2 Å². The average Bonchev–Trinajstić information content (AvgIpc) is 2.38. The fourth-order valence-electron chi connectivity index (χ4n) is 1.84. The number of aromatic nitrogens is 1. The van der Waals surface area contributed by atoms with Gasteiger partial charge in [0, 0.05) is 12.6 Å². The molecule has 0 N–H and O–H groups in total. The molecule has 0 aliphatic rings. The maximum absolute atomic E-state index is 11.8. The molecule has 1 aromatic heterocycles. The van der Waals surface area contributed by atoms with Gasteiger partial charge in [-0.2, -0.15) is 0 Å². The van der Waals surface area contributed by atoms with Gasteiger partial charge in [-0.15, -0.1) is 0 Å². The Balaban J connectivity index is 2.54. The zero-order chi connectivity index (χ0) is 14.0. The molecule has 2 rings (SSSR count). The smallest absolute Gasteiger partial charge is 0.269 e. The number of rotatable bonds is 3. The van der Waals surface area contributed by atoms with E-state index in [0.717, 1.165) is 5.56 Å². The minimum Gasteiger partial charge on any atom is -0.494 e. The maximum Gasteiger partial charge on any atom is 0.269 e. The first-order valence-corrected chi connectivity index (χ1v) is 6.58. The molecule has 0 atom stereocenters. The summed E-state index contributed by atoms with van der Waals surface area (Å²) in [6, 6.07) is 8.73. The van der Waals surface area contributed by atoms with Crippen LogP contribution < -0.4 is 10.3 Å². The summed E-state index contributed by atoms with van der Waals surface area (Å²) < 4.78 is 6.85. The molecule has 2 aromatic rings. The predicted molar refractivity (Wildman–Crippen MR) is 78.3 cm³/mol. The molecule has 0 amide bonds. The summed E-state index contributed by atoms with van der Waals surface area (Å²) in [4.78, 5) is 11.8. The molecule has 0 bridgehead atoms. The van der Waals surface area contributed by atoms with E-state index in [9.17, 15) is 4.79 Å². The molecular weight excluding hydrogens is 285 g/mol. The van der Waals surface area contributed by atoms with E-state index in [1.54, 1.807) is 25.2 Å². The van der Waals surface area contributed by atoms with Crippen LogP contribution in [0.4, 0.5) is 0 Å². The third-order valence-electron chi connectivity index (χ3n) is 2.79. The summed E-state index contributed by atoms with van der Waals surface area (Å²) in [7, 11) is 1.66. The van der Waals surface area contributed by atoms with Crippen LogP contribution in [0.5, 0.6) is 5.75 Å². The molecule has 1 aromatic carbocycles. The summed E-state index contributed by atoms with van der Waals surface area (Å²) in [5, 5.41) is 0.719. The fraction of sp³-hybridized carbons (Fsp3) is 0.214. The van der Waals surface area contributed by atoms with Crippen LogP contribution in [-0.4, -0.2) is 11.2 Å². The first-order chi connectivity index (χ1) is 9.04. The number of hydrogen-bond donors (Lipinski definition) is 0. The van der Waals surface area contributed by atoms with Crippen LogP contribution in [0.25, 0.3) is 11.3 Å². The standard InChI is InChI=1S/C14H13Cl2NO2/c1-3-19-9-4-5-10(12(16)8-9)13-7-6-11(15)14(18)17(13)2/h4-8H,3H2,1-2H3. The highest BCUT2D eigenvalue weighted by atomic mass is 35.5. The van der Waals surface area contributed by atoms with E-state index in [0.29, 0.717) is 23.1 Å². The van der Waals surface area contributed by atoms with E-state index in [4.69, 9.17) is 27.9 Å². The normalized spacial score (nSPS) is 10.5. The Labute approximate surface area is 121 Å². The Morgan fingerprint density at radius 2 is 1.89 bits per heavy atom. The van der Waals surface area contributed by atoms with Crippen molar-refractivity contribution in [1.29, 1.82) is 0 Å². The Bertz CT molecular complexity index is 665. The van der Waals surface area contributed by atoms with Crippen molar-refractivity contribution in [2.75, 3.05) is 6.61 Å². The Morgan fingerprint density at radius 1 is 1.16 bits per heavy atom. The fourth-order valence-corrected chi connectivity index (χ4v) is 2.29. The Hall–Kier alpha value is -1.45. The molecule has 0 spiro atoms. The number of ether oxygens (including phenoxy) is 1. The lowest BCUT2D eigenvalue weighted by molar-refractivity contribution is 0.340. The minimum atomic E-state index is -0.246. The predicted octanol–water partition coefficient (Wildman–Crippen LogP) is 3.76. The van der Waals surface area contributed by atoms with Gasteiger partial charge in [-0.25, -0.2) is 0 Å². The largest absolute Gasteiger partial charge is 0.494 e. The summed E-state index contributed by atoms with van der Waals surface area (Å²) in [5.41, 5.74) is 1.23. The van der Waals surface area contributed by atoms with Crippen LogP contribution in [0.2, 0.25) is 10.0 Å². The molecule has 3 nitrogen and oxygen atoms in total. The van der Waals surface area contributed by atoms with E-state index in [1.165, 1.54) is 4.57 Å². The molecule has 100 valence electrons. The molecule has 0 unspecified atom stereocenters. The summed E-state index contributed by atoms with van der Waals surface area (Å²) in [6.45, 7) is 2.49. The second-order valence-corrected chi connectivity index (χ2v) is 4.82. The molecule has 19 heavy (non-hydrogen) atoms. The SMILES string of the molecule is CCOc1ccc(-c2ccc(Cl)c(=O)n2C)c(Cl)c1. The Morgan fingerprint density at radius 3 is 2.53 bits per heavy atom. The molecule has 0 aliphatic carbocycles. The van der Waals surface area contributed by atoms with Crippen molar-refractivity contribution in [2.24, 2.45) is 7.05 Å². The van der Waals surface area contributed by atoms with Gasteiger partial charge in [0.2, 0.25) is 0 Å². The van der Waals surface area contributed by atoms with Crippen molar-refractivity contribution in [3.63, 3.8) is 0 Å². The third kappa shape index (κ3) is 2.77. The van der Waals surface area contributed by atoms with Gasteiger partial charge < -0.3 is 9.30 Å². The van der Waals surface area contributed by atoms with E-state index >= 15 is 0 Å². The molecule has 5 heteroatoms. The molecule has 0 aliphatic heterocycles. The zero-order valence-corrected chi connectivity index (χ0v) is 12.1. The second kappa shape index (κ2) is 5.68. The lowest BCUT2D eigenvalue weighted by atomic mass is 10.1. The van der Waals surface area contributed by atoms with Crippen molar-refractivity contribution < 1.29 is 4.74 Å². The lowest BCUT2D eigenvalue weighted by Gasteiger charge is -2.11. The summed E-state index contributed by atoms with van der Waals surface area (Å²) >= 11 is 12.0. The van der Waals surface area contributed by atoms with Gasteiger partial charge in [-0.3, -0.25) is 4.79 Å². The molecule has 1 heterocycles. The molecule has 0 radical (unpaired) electrons. The van der Waals surface area contributed by atoms with Crippen molar-refractivity contribution in [3.8, 4) is 17.0 Å². The van der Waals surface area contributed by atoms with Crippen LogP contribution in [0.15, 0.2) is 35.1 Å². The monoisotopic (exact) mass is 297 g/mol. The number of pyridine rings is 1. The maximum atomic E-state index is 11.8. The van der Waals surface area contributed by atoms with Crippen LogP contribution in [0.1, 0.15) is 6.92 Å². The lowest BCUT2D eigenvalue weighted by Crippen LogP contribution is -2.18. The van der Waals surface area contributed by atoms with E-state index in [2.05, 4.69) is 0 Å². The highest BCUT2D eigenvalue weighted by Gasteiger charge is 2.10. The minimum absolute atomic E-state index is 0.188. The Kier molecular flexibility index (Phi) is 4.17. The molecule has 0 saturated carbocycles. The van der Waals surface area contributed by atoms with Gasteiger partial charge >= 0.3 is 0 Å². The van der Waals surface area contributed by atoms with Gasteiger partial charge in [-0.05, 0) is 37.3 Å². The van der Waals surface area contributed by atoms with E-state index in [1.807, 2.05) is 19.1 Å². The summed E-state index contributed by atoms with van der Waals surface area (Å²) in [5.74, 6) is 0.704. The first-order valence-electron chi connectivity index (χ1n) is 5.83. The quantitative estimate of drug-likeness (QED) is 0.864. The number of benzene rings is 1. The van der Waals surface area contributed by atoms with Crippen LogP contribution in [-0.2, 0) is 7.05 Å². The summed E-state index contributed by atoms with van der Waals surface area (Å²) in [6.07, 6.45) is 0. The van der Waals surface area contributed by atoms with E-state index < -0.39 is 0 Å². The van der Waals surface area contributed by atoms with Crippen molar-refractivity contribution in [3.05, 3.63) is 50.7 Å². The molecular formula is C14H13Cl2NO2. The van der Waals surface area contributed by atoms with Gasteiger partial charge in [0.25, 0.3) is 5.56 Å². The highest BCUT2D eigenvalue weighted by Crippen LogP contribution is 2.30. The van der Waals surface area contributed by atoms with Gasteiger partial charge in [0.1, 0.15) is 10.8 Å². The third-order valence-corrected chi connectivity index (χ3v) is 3.39. The number of halogens is 2. The second-order valence-electron chi connectivity index (χ2n) is 4.01. The van der Waals surface area contributed by atoms with Crippen LogP contribution >= 0.6 is 23.2 Å². The molecule has 0 saturated heterocycles. The van der Waals surface area contributed by atoms with Crippen LogP contribution in [0.3, 0.4) is 0 Å². The van der Waals surface area contributed by atoms with Crippen molar-refractivity contribution in [2.45, 2.75) is 6.92 Å². The number of nitrogens with zero attached hydrogens (tertiary/aromatic N) is 1. The average molecular weight is 298 g/mol.